The van der Waals surface area contributed by atoms with E-state index in [0.717, 1.165) is 5.56 Å². The van der Waals surface area contributed by atoms with Gasteiger partial charge in [0.15, 0.2) is 0 Å². The van der Waals surface area contributed by atoms with Crippen molar-refractivity contribution >= 4 is 20.8 Å². The molecule has 5 nitrogen and oxygen atoms in total. The SMILES string of the molecule is CC1=C(S(=O)(=O)c2ccccc2)[C@H](c2ccco2)N([S@@](=O)c2ccc(C)cc2)C1. The first-order chi connectivity index (χ1) is 13.9. The minimum Gasteiger partial charge on any atom is -0.467 e. The highest BCUT2D eigenvalue weighted by molar-refractivity contribution is 7.95. The van der Waals surface area contributed by atoms with Gasteiger partial charge in [-0.25, -0.2) is 16.9 Å². The van der Waals surface area contributed by atoms with Crippen molar-refractivity contribution in [3.05, 3.63) is 94.8 Å². The smallest absolute Gasteiger partial charge is 0.204 e. The van der Waals surface area contributed by atoms with Crippen LogP contribution in [0.1, 0.15) is 24.3 Å². The molecule has 0 fully saturated rings. The zero-order valence-corrected chi connectivity index (χ0v) is 17.7. The van der Waals surface area contributed by atoms with Gasteiger partial charge in [-0.05, 0) is 55.8 Å². The summed E-state index contributed by atoms with van der Waals surface area (Å²) in [4.78, 5) is 1.08. The lowest BCUT2D eigenvalue weighted by molar-refractivity contribution is 0.374. The Morgan fingerprint density at radius 2 is 1.66 bits per heavy atom. The Hall–Kier alpha value is -2.48. The first-order valence-corrected chi connectivity index (χ1v) is 11.8. The van der Waals surface area contributed by atoms with Gasteiger partial charge in [0.1, 0.15) is 22.8 Å². The number of hydrogen-bond donors (Lipinski definition) is 0. The molecule has 0 N–H and O–H groups in total. The van der Waals surface area contributed by atoms with E-state index in [4.69, 9.17) is 4.42 Å². The van der Waals surface area contributed by atoms with Gasteiger partial charge in [-0.3, -0.25) is 0 Å². The lowest BCUT2D eigenvalue weighted by Gasteiger charge is -2.24. The molecule has 150 valence electrons. The summed E-state index contributed by atoms with van der Waals surface area (Å²) in [5.74, 6) is 0.455. The summed E-state index contributed by atoms with van der Waals surface area (Å²) in [5.41, 5.74) is 1.73. The molecule has 0 spiro atoms. The van der Waals surface area contributed by atoms with Crippen molar-refractivity contribution in [2.45, 2.75) is 29.7 Å². The van der Waals surface area contributed by atoms with Crippen LogP contribution in [0.15, 0.2) is 97.7 Å². The van der Waals surface area contributed by atoms with Gasteiger partial charge < -0.3 is 4.42 Å². The van der Waals surface area contributed by atoms with E-state index in [1.165, 1.54) is 6.26 Å². The Bertz CT molecular complexity index is 1170. The Morgan fingerprint density at radius 3 is 2.28 bits per heavy atom. The molecule has 4 rings (SSSR count). The van der Waals surface area contributed by atoms with Gasteiger partial charge in [-0.15, -0.1) is 0 Å². The Balaban J connectivity index is 1.81. The fraction of sp³-hybridized carbons (Fsp3) is 0.182. The minimum atomic E-state index is -3.77. The number of furan rings is 1. The molecule has 2 heterocycles. The summed E-state index contributed by atoms with van der Waals surface area (Å²) in [6.07, 6.45) is 1.50. The van der Waals surface area contributed by atoms with Crippen LogP contribution < -0.4 is 0 Å². The molecule has 1 aliphatic rings. The molecule has 29 heavy (non-hydrogen) atoms. The van der Waals surface area contributed by atoms with Crippen LogP contribution in [-0.4, -0.2) is 23.5 Å². The average molecular weight is 428 g/mol. The van der Waals surface area contributed by atoms with Crippen molar-refractivity contribution in [2.75, 3.05) is 6.54 Å². The summed E-state index contributed by atoms with van der Waals surface area (Å²) >= 11 is 0. The maximum atomic E-state index is 13.5. The van der Waals surface area contributed by atoms with Gasteiger partial charge in [-0.1, -0.05) is 35.9 Å². The highest BCUT2D eigenvalue weighted by Gasteiger charge is 2.44. The number of rotatable bonds is 5. The molecule has 0 unspecified atom stereocenters. The first-order valence-electron chi connectivity index (χ1n) is 9.18. The zero-order valence-electron chi connectivity index (χ0n) is 16.1. The third kappa shape index (κ3) is 3.61. The van der Waals surface area contributed by atoms with Gasteiger partial charge in [-0.2, -0.15) is 0 Å². The predicted molar refractivity (Wildman–Crippen MR) is 112 cm³/mol. The number of benzene rings is 2. The molecular weight excluding hydrogens is 406 g/mol. The van der Waals surface area contributed by atoms with Crippen molar-refractivity contribution in [1.29, 1.82) is 0 Å². The van der Waals surface area contributed by atoms with Crippen LogP contribution in [-0.2, 0) is 20.8 Å². The lowest BCUT2D eigenvalue weighted by Crippen LogP contribution is -2.29. The molecule has 0 saturated heterocycles. The molecular formula is C22H21NO4S2. The van der Waals surface area contributed by atoms with Crippen molar-refractivity contribution in [3.63, 3.8) is 0 Å². The quantitative estimate of drug-likeness (QED) is 0.605. The molecule has 0 saturated carbocycles. The van der Waals surface area contributed by atoms with Crippen LogP contribution in [0.2, 0.25) is 0 Å². The van der Waals surface area contributed by atoms with E-state index in [9.17, 15) is 12.6 Å². The normalized spacial score (nSPS) is 18.9. The van der Waals surface area contributed by atoms with Gasteiger partial charge in [0.05, 0.1) is 21.0 Å². The van der Waals surface area contributed by atoms with Gasteiger partial charge in [0.2, 0.25) is 9.84 Å². The van der Waals surface area contributed by atoms with Gasteiger partial charge in [0.25, 0.3) is 0 Å². The minimum absolute atomic E-state index is 0.217. The van der Waals surface area contributed by atoms with Crippen molar-refractivity contribution in [2.24, 2.45) is 0 Å². The molecule has 7 heteroatoms. The van der Waals surface area contributed by atoms with Crippen molar-refractivity contribution in [3.8, 4) is 0 Å². The van der Waals surface area contributed by atoms with Crippen LogP contribution in [0.25, 0.3) is 0 Å². The third-order valence-electron chi connectivity index (χ3n) is 4.94. The van der Waals surface area contributed by atoms with Gasteiger partial charge in [0, 0.05) is 6.54 Å². The van der Waals surface area contributed by atoms with Crippen LogP contribution >= 0.6 is 0 Å². The van der Waals surface area contributed by atoms with Crippen molar-refractivity contribution < 1.29 is 17.0 Å². The number of hydrogen-bond acceptors (Lipinski definition) is 4. The molecule has 2 atom stereocenters. The van der Waals surface area contributed by atoms with E-state index >= 15 is 0 Å². The summed E-state index contributed by atoms with van der Waals surface area (Å²) in [6.45, 7) is 4.01. The van der Waals surface area contributed by atoms with E-state index in [2.05, 4.69) is 0 Å². The molecule has 0 bridgehead atoms. The van der Waals surface area contributed by atoms with E-state index in [1.807, 2.05) is 31.2 Å². The number of nitrogens with zero attached hydrogens (tertiary/aromatic N) is 1. The standard InChI is InChI=1S/C22H21NO4S2/c1-16-10-12-18(13-11-16)28(24)23-15-17(2)22(21(23)20-9-6-14-27-20)29(25,26)19-7-4-3-5-8-19/h3-14,21H,15H2,1-2H3/t21-,28-/m0/s1. The second kappa shape index (κ2) is 7.74. The summed E-state index contributed by atoms with van der Waals surface area (Å²) in [7, 11) is -5.32. The molecule has 0 amide bonds. The molecule has 0 radical (unpaired) electrons. The third-order valence-corrected chi connectivity index (χ3v) is 8.43. The maximum Gasteiger partial charge on any atom is 0.204 e. The van der Waals surface area contributed by atoms with E-state index in [1.54, 1.807) is 53.7 Å². The van der Waals surface area contributed by atoms with Crippen LogP contribution in [0, 0.1) is 6.92 Å². The molecule has 1 aliphatic heterocycles. The van der Waals surface area contributed by atoms with Crippen LogP contribution in [0.5, 0.6) is 0 Å². The fourth-order valence-corrected chi connectivity index (χ4v) is 6.78. The Kier molecular flexibility index (Phi) is 5.29. The fourth-order valence-electron chi connectivity index (χ4n) is 3.53. The second-order valence-electron chi connectivity index (χ2n) is 7.02. The monoisotopic (exact) mass is 427 g/mol. The highest BCUT2D eigenvalue weighted by Crippen LogP contribution is 2.44. The zero-order chi connectivity index (χ0) is 20.6. The summed E-state index contributed by atoms with van der Waals surface area (Å²) in [5, 5.41) is 0. The maximum absolute atomic E-state index is 13.5. The predicted octanol–water partition coefficient (Wildman–Crippen LogP) is 4.42. The Morgan fingerprint density at radius 1 is 0.966 bits per heavy atom. The largest absolute Gasteiger partial charge is 0.467 e. The summed E-state index contributed by atoms with van der Waals surface area (Å²) < 4.78 is 47.6. The van der Waals surface area contributed by atoms with E-state index in [0.29, 0.717) is 16.2 Å². The van der Waals surface area contributed by atoms with Gasteiger partial charge >= 0.3 is 0 Å². The topological polar surface area (TPSA) is 67.6 Å². The lowest BCUT2D eigenvalue weighted by atomic mass is 10.2. The second-order valence-corrected chi connectivity index (χ2v) is 10.4. The molecule has 3 aromatic rings. The average Bonchev–Trinajstić information content (AvgIpc) is 3.36. The molecule has 0 aliphatic carbocycles. The highest BCUT2D eigenvalue weighted by atomic mass is 32.2. The van der Waals surface area contributed by atoms with Crippen LogP contribution in [0.3, 0.4) is 0 Å². The van der Waals surface area contributed by atoms with Crippen molar-refractivity contribution in [1.82, 2.24) is 4.31 Å². The number of sulfone groups is 1. The summed E-state index contributed by atoms with van der Waals surface area (Å²) in [6, 6.07) is 18.4. The molecule has 1 aromatic heterocycles. The van der Waals surface area contributed by atoms with E-state index in [-0.39, 0.29) is 16.3 Å². The Labute approximate surface area is 173 Å². The molecule has 2 aromatic carbocycles. The number of aryl methyl sites for hydroxylation is 1. The first kappa shape index (κ1) is 19.8. The van der Waals surface area contributed by atoms with Crippen LogP contribution in [0.4, 0.5) is 0 Å². The van der Waals surface area contributed by atoms with E-state index < -0.39 is 26.9 Å².